The molecule has 0 spiro atoms. The quantitative estimate of drug-likeness (QED) is 0.700. The van der Waals surface area contributed by atoms with Crippen LogP contribution in [0.15, 0.2) is 10.6 Å². The number of nitrogens with one attached hydrogen (secondary N) is 1. The van der Waals surface area contributed by atoms with Crippen LogP contribution in [0.3, 0.4) is 0 Å². The second-order valence-corrected chi connectivity index (χ2v) is 7.23. The lowest BCUT2D eigenvalue weighted by Gasteiger charge is -2.51. The average Bonchev–Trinajstić information content (AvgIpc) is 3.02. The Hall–Kier alpha value is -1.36. The Kier molecular flexibility index (Phi) is 7.46. The highest BCUT2D eigenvalue weighted by molar-refractivity contribution is 5.92. The molecule has 1 atom stereocenters. The Morgan fingerprint density at radius 3 is 2.17 bits per heavy atom. The van der Waals surface area contributed by atoms with Crippen LogP contribution in [-0.2, 0) is 6.42 Å². The lowest BCUT2D eigenvalue weighted by atomic mass is 9.76. The van der Waals surface area contributed by atoms with Gasteiger partial charge in [0.15, 0.2) is 5.69 Å². The van der Waals surface area contributed by atoms with E-state index in [0.29, 0.717) is 5.69 Å². The molecule has 0 aliphatic heterocycles. The van der Waals surface area contributed by atoms with Crippen LogP contribution < -0.4 is 5.32 Å². The molecule has 5 heteroatoms. The number of carbonyl (C=O) groups is 1. The molecule has 1 heterocycles. The summed E-state index contributed by atoms with van der Waals surface area (Å²) in [6.07, 6.45) is 3.89. The zero-order chi connectivity index (χ0) is 18.4. The minimum absolute atomic E-state index is 0.133. The molecular weight excluding hydrogens is 302 g/mol. The van der Waals surface area contributed by atoms with Crippen molar-refractivity contribution in [3.05, 3.63) is 17.5 Å². The van der Waals surface area contributed by atoms with Crippen molar-refractivity contribution in [1.82, 2.24) is 15.4 Å². The number of aryl methyl sites for hydroxylation is 1. The average molecular weight is 338 g/mol. The maximum absolute atomic E-state index is 12.6. The van der Waals surface area contributed by atoms with Crippen LogP contribution in [0.25, 0.3) is 0 Å². The number of hydrogen-bond acceptors (Lipinski definition) is 4. The molecule has 0 aliphatic rings. The molecule has 0 bridgehead atoms. The lowest BCUT2D eigenvalue weighted by Crippen LogP contribution is -2.67. The molecule has 0 saturated heterocycles. The normalized spacial score (nSPS) is 14.7. The summed E-state index contributed by atoms with van der Waals surface area (Å²) >= 11 is 0. The predicted octanol–water partition coefficient (Wildman–Crippen LogP) is 4.04. The number of aromatic nitrogens is 1. The van der Waals surface area contributed by atoms with E-state index in [-0.39, 0.29) is 11.4 Å². The predicted molar refractivity (Wildman–Crippen MR) is 98.3 cm³/mol. The summed E-state index contributed by atoms with van der Waals surface area (Å²) in [4.78, 5) is 15.1. The van der Waals surface area contributed by atoms with Crippen molar-refractivity contribution >= 4 is 5.91 Å². The summed E-state index contributed by atoms with van der Waals surface area (Å²) in [5.74, 6) is 0.561. The van der Waals surface area contributed by atoms with Gasteiger partial charge in [-0.2, -0.15) is 0 Å². The van der Waals surface area contributed by atoms with E-state index in [2.05, 4.69) is 56.9 Å². The molecule has 1 N–H and O–H groups in total. The van der Waals surface area contributed by atoms with Gasteiger partial charge in [-0.3, -0.25) is 9.69 Å². The fourth-order valence-electron chi connectivity index (χ4n) is 3.28. The molecule has 0 saturated carbocycles. The molecule has 0 aliphatic carbocycles. The molecule has 0 radical (unpaired) electrons. The number of rotatable bonds is 10. The van der Waals surface area contributed by atoms with Crippen LogP contribution in [0.1, 0.15) is 84.0 Å². The van der Waals surface area contributed by atoms with Gasteiger partial charge in [0.1, 0.15) is 5.76 Å². The van der Waals surface area contributed by atoms with E-state index in [1.165, 1.54) is 0 Å². The van der Waals surface area contributed by atoms with Gasteiger partial charge in [-0.1, -0.05) is 32.9 Å². The summed E-state index contributed by atoms with van der Waals surface area (Å²) in [5, 5.41) is 7.09. The fraction of sp³-hybridized carbons (Fsp3) is 0.789. The van der Waals surface area contributed by atoms with E-state index in [1.54, 1.807) is 6.07 Å². The Balaban J connectivity index is 3.01. The number of carbonyl (C=O) groups excluding carboxylic acids is 1. The zero-order valence-electron chi connectivity index (χ0n) is 16.5. The molecule has 0 fully saturated rings. The largest absolute Gasteiger partial charge is 0.361 e. The second-order valence-electron chi connectivity index (χ2n) is 7.23. The summed E-state index contributed by atoms with van der Waals surface area (Å²) in [6.45, 7) is 17.1. The van der Waals surface area contributed by atoms with E-state index < -0.39 is 5.54 Å². The van der Waals surface area contributed by atoms with Gasteiger partial charge in [0, 0.05) is 18.0 Å². The highest BCUT2D eigenvalue weighted by atomic mass is 16.5. The Morgan fingerprint density at radius 1 is 1.17 bits per heavy atom. The van der Waals surface area contributed by atoms with Gasteiger partial charge >= 0.3 is 0 Å². The van der Waals surface area contributed by atoms with Crippen LogP contribution in [0.5, 0.6) is 0 Å². The van der Waals surface area contributed by atoms with E-state index in [0.717, 1.165) is 44.5 Å². The van der Waals surface area contributed by atoms with Crippen molar-refractivity contribution in [1.29, 1.82) is 0 Å². The number of amides is 1. The summed E-state index contributed by atoms with van der Waals surface area (Å²) in [5.41, 5.74) is -0.170. The Morgan fingerprint density at radius 2 is 1.75 bits per heavy atom. The molecule has 138 valence electrons. The molecule has 24 heavy (non-hydrogen) atoms. The van der Waals surface area contributed by atoms with Gasteiger partial charge in [0.2, 0.25) is 0 Å². The van der Waals surface area contributed by atoms with Crippen molar-refractivity contribution in [2.75, 3.05) is 13.1 Å². The summed E-state index contributed by atoms with van der Waals surface area (Å²) < 4.78 is 5.16. The van der Waals surface area contributed by atoms with Crippen LogP contribution >= 0.6 is 0 Å². The van der Waals surface area contributed by atoms with Crippen LogP contribution in [0, 0.1) is 0 Å². The molecule has 0 aromatic carbocycles. The maximum Gasteiger partial charge on any atom is 0.273 e. The minimum atomic E-state index is -0.394. The Bertz CT molecular complexity index is 518. The first-order chi connectivity index (χ1) is 11.3. The van der Waals surface area contributed by atoms with E-state index >= 15 is 0 Å². The first kappa shape index (κ1) is 20.7. The highest BCUT2D eigenvalue weighted by Crippen LogP contribution is 2.32. The van der Waals surface area contributed by atoms with Crippen LogP contribution in [0.4, 0.5) is 0 Å². The van der Waals surface area contributed by atoms with Crippen molar-refractivity contribution in [2.45, 2.75) is 85.2 Å². The van der Waals surface area contributed by atoms with Gasteiger partial charge in [-0.05, 0) is 53.1 Å². The van der Waals surface area contributed by atoms with Crippen molar-refractivity contribution in [2.24, 2.45) is 0 Å². The molecule has 1 amide bonds. The van der Waals surface area contributed by atoms with Gasteiger partial charge in [-0.25, -0.2) is 0 Å². The fourth-order valence-corrected chi connectivity index (χ4v) is 3.28. The zero-order valence-corrected chi connectivity index (χ0v) is 16.5. The van der Waals surface area contributed by atoms with Gasteiger partial charge < -0.3 is 9.84 Å². The molecular formula is C19H35N3O2. The third kappa shape index (κ3) is 4.38. The third-order valence-electron chi connectivity index (χ3n) is 5.29. The molecule has 1 rings (SSSR count). The number of hydrogen-bond donors (Lipinski definition) is 1. The first-order valence-electron chi connectivity index (χ1n) is 9.28. The van der Waals surface area contributed by atoms with Crippen molar-refractivity contribution < 1.29 is 9.32 Å². The van der Waals surface area contributed by atoms with E-state index in [9.17, 15) is 4.79 Å². The molecule has 5 nitrogen and oxygen atoms in total. The maximum atomic E-state index is 12.6. The smallest absolute Gasteiger partial charge is 0.273 e. The van der Waals surface area contributed by atoms with Gasteiger partial charge in [-0.15, -0.1) is 0 Å². The topological polar surface area (TPSA) is 58.4 Å². The SMILES string of the molecule is CCCN(CCC)C(C)(CC)C(C)(C)NC(=O)c1cc(CC)on1. The first-order valence-corrected chi connectivity index (χ1v) is 9.28. The monoisotopic (exact) mass is 337 g/mol. The Labute approximate surface area is 147 Å². The highest BCUT2D eigenvalue weighted by Gasteiger charge is 2.44. The standard InChI is InChI=1S/C19H35N3O2/c1-8-12-22(13-9-2)19(7,11-4)18(5,6)20-17(23)16-14-15(10-3)24-21-16/h14H,8-13H2,1-7H3,(H,20,23). The minimum Gasteiger partial charge on any atom is -0.361 e. The second kappa shape index (κ2) is 8.65. The van der Waals surface area contributed by atoms with Crippen LogP contribution in [-0.4, -0.2) is 40.1 Å². The lowest BCUT2D eigenvalue weighted by molar-refractivity contribution is 0.0196. The number of nitrogens with zero attached hydrogens (tertiary/aromatic N) is 2. The summed E-state index contributed by atoms with van der Waals surface area (Å²) in [6, 6.07) is 1.73. The third-order valence-corrected chi connectivity index (χ3v) is 5.29. The van der Waals surface area contributed by atoms with Crippen molar-refractivity contribution in [3.8, 4) is 0 Å². The van der Waals surface area contributed by atoms with Crippen LogP contribution in [0.2, 0.25) is 0 Å². The molecule has 1 aromatic rings. The van der Waals surface area contributed by atoms with E-state index in [4.69, 9.17) is 4.52 Å². The van der Waals surface area contributed by atoms with Gasteiger partial charge in [0.25, 0.3) is 5.91 Å². The molecule has 1 aromatic heterocycles. The van der Waals surface area contributed by atoms with Crippen molar-refractivity contribution in [3.63, 3.8) is 0 Å². The van der Waals surface area contributed by atoms with E-state index in [1.807, 2.05) is 6.92 Å². The van der Waals surface area contributed by atoms with Gasteiger partial charge in [0.05, 0.1) is 5.54 Å². The summed E-state index contributed by atoms with van der Waals surface area (Å²) in [7, 11) is 0. The molecule has 1 unspecified atom stereocenters.